The number of fused-ring (bicyclic) bond motifs is 1. The molecule has 11 heteroatoms. The molecule has 194 valence electrons. The van der Waals surface area contributed by atoms with Gasteiger partial charge < -0.3 is 10.6 Å². The van der Waals surface area contributed by atoms with Crippen molar-refractivity contribution in [3.63, 3.8) is 0 Å². The Balaban J connectivity index is 1.71. The van der Waals surface area contributed by atoms with Crippen molar-refractivity contribution in [2.45, 2.75) is 37.0 Å². The van der Waals surface area contributed by atoms with Crippen LogP contribution in [-0.2, 0) is 4.79 Å². The van der Waals surface area contributed by atoms with Crippen LogP contribution < -0.4 is 10.6 Å². The number of aromatic nitrogens is 1. The first kappa shape index (κ1) is 26.4. The molecule has 1 aromatic carbocycles. The maximum absolute atomic E-state index is 14.8. The molecule has 4 rings (SSSR count). The fraction of sp³-hybridized carbons (Fsp3) is 0.440. The molecule has 2 atom stereocenters. The Kier molecular flexibility index (Phi) is 7.89. The van der Waals surface area contributed by atoms with Crippen LogP contribution in [0.3, 0.4) is 0 Å². The van der Waals surface area contributed by atoms with Crippen molar-refractivity contribution >= 4 is 45.8 Å². The molecule has 1 amide bonds. The SMILES string of the molecule is C=C(c1nc(/C=C(\F)CNC(=O)C2CC2)cc2c(N[C@@H]3CCN(C)CS[C@@H]3F)cccc12)C(F)(F)F. The molecule has 0 bridgehead atoms. The molecule has 2 heterocycles. The molecule has 1 aliphatic carbocycles. The van der Waals surface area contributed by atoms with E-state index in [9.17, 15) is 26.7 Å². The van der Waals surface area contributed by atoms with Gasteiger partial charge in [0, 0.05) is 34.8 Å². The summed E-state index contributed by atoms with van der Waals surface area (Å²) in [5.41, 5.74) is -2.47. The number of nitrogens with one attached hydrogen (secondary N) is 2. The van der Waals surface area contributed by atoms with Crippen LogP contribution in [0.2, 0.25) is 0 Å². The first-order valence-electron chi connectivity index (χ1n) is 11.6. The third-order valence-corrected chi connectivity index (χ3v) is 7.38. The van der Waals surface area contributed by atoms with Crippen LogP contribution in [0.4, 0.5) is 27.6 Å². The number of hydrogen-bond acceptors (Lipinski definition) is 5. The number of anilines is 1. The number of hydrogen-bond donors (Lipinski definition) is 2. The number of amides is 1. The lowest BCUT2D eigenvalue weighted by Crippen LogP contribution is -2.29. The molecular formula is C25H27F5N4OS. The zero-order valence-corrected chi connectivity index (χ0v) is 20.5. The molecule has 1 aromatic heterocycles. The summed E-state index contributed by atoms with van der Waals surface area (Å²) in [7, 11) is 1.89. The lowest BCUT2D eigenvalue weighted by atomic mass is 10.0. The highest BCUT2D eigenvalue weighted by molar-refractivity contribution is 7.99. The lowest BCUT2D eigenvalue weighted by Gasteiger charge is -2.22. The number of pyridine rings is 1. The number of benzene rings is 1. The summed E-state index contributed by atoms with van der Waals surface area (Å²) >= 11 is 1.14. The van der Waals surface area contributed by atoms with Crippen molar-refractivity contribution in [1.29, 1.82) is 0 Å². The van der Waals surface area contributed by atoms with Gasteiger partial charge in [0.2, 0.25) is 5.91 Å². The Morgan fingerprint density at radius 1 is 1.28 bits per heavy atom. The minimum atomic E-state index is -4.75. The summed E-state index contributed by atoms with van der Waals surface area (Å²) in [5, 5.41) is 6.12. The van der Waals surface area contributed by atoms with Gasteiger partial charge in [-0.2, -0.15) is 13.2 Å². The predicted molar refractivity (Wildman–Crippen MR) is 134 cm³/mol. The lowest BCUT2D eigenvalue weighted by molar-refractivity contribution is -0.122. The van der Waals surface area contributed by atoms with Gasteiger partial charge in [0.15, 0.2) is 5.50 Å². The monoisotopic (exact) mass is 526 g/mol. The van der Waals surface area contributed by atoms with E-state index < -0.39 is 34.8 Å². The summed E-state index contributed by atoms with van der Waals surface area (Å²) in [5.74, 6) is -0.583. The van der Waals surface area contributed by atoms with E-state index in [1.54, 1.807) is 12.1 Å². The summed E-state index contributed by atoms with van der Waals surface area (Å²) in [6.45, 7) is 3.45. The molecule has 2 N–H and O–H groups in total. The third kappa shape index (κ3) is 6.36. The largest absolute Gasteiger partial charge is 0.417 e. The molecular weight excluding hydrogens is 499 g/mol. The third-order valence-electron chi connectivity index (χ3n) is 6.14. The number of carbonyl (C=O) groups excluding carboxylic acids is 1. The van der Waals surface area contributed by atoms with Crippen molar-refractivity contribution in [2.24, 2.45) is 5.92 Å². The summed E-state index contributed by atoms with van der Waals surface area (Å²) in [6.07, 6.45) is -1.74. The molecule has 0 unspecified atom stereocenters. The molecule has 36 heavy (non-hydrogen) atoms. The van der Waals surface area contributed by atoms with Gasteiger partial charge in [0.25, 0.3) is 0 Å². The summed E-state index contributed by atoms with van der Waals surface area (Å²) < 4.78 is 70.2. The van der Waals surface area contributed by atoms with E-state index in [-0.39, 0.29) is 29.4 Å². The molecule has 2 aliphatic rings. The van der Waals surface area contributed by atoms with E-state index in [0.29, 0.717) is 29.9 Å². The van der Waals surface area contributed by atoms with Crippen LogP contribution >= 0.6 is 11.8 Å². The number of halogens is 5. The molecule has 0 radical (unpaired) electrons. The highest BCUT2D eigenvalue weighted by Gasteiger charge is 2.35. The Bertz CT molecular complexity index is 1180. The average Bonchev–Trinajstić information content (AvgIpc) is 3.68. The van der Waals surface area contributed by atoms with Gasteiger partial charge in [-0.25, -0.2) is 13.8 Å². The quantitative estimate of drug-likeness (QED) is 0.450. The van der Waals surface area contributed by atoms with Crippen molar-refractivity contribution in [1.82, 2.24) is 15.2 Å². The maximum atomic E-state index is 14.8. The van der Waals surface area contributed by atoms with Crippen molar-refractivity contribution in [3.8, 4) is 0 Å². The predicted octanol–water partition coefficient (Wildman–Crippen LogP) is 5.75. The van der Waals surface area contributed by atoms with E-state index in [0.717, 1.165) is 30.7 Å². The van der Waals surface area contributed by atoms with E-state index in [4.69, 9.17) is 0 Å². The van der Waals surface area contributed by atoms with Crippen LogP contribution in [0.25, 0.3) is 22.4 Å². The molecule has 1 saturated heterocycles. The summed E-state index contributed by atoms with van der Waals surface area (Å²) in [6, 6.07) is 5.57. The maximum Gasteiger partial charge on any atom is 0.417 e. The highest BCUT2D eigenvalue weighted by Crippen LogP contribution is 2.38. The molecule has 2 fully saturated rings. The molecule has 2 aromatic rings. The number of thioether (sulfide) groups is 1. The van der Waals surface area contributed by atoms with Gasteiger partial charge in [-0.1, -0.05) is 18.7 Å². The van der Waals surface area contributed by atoms with Crippen LogP contribution in [-0.4, -0.2) is 59.5 Å². The van der Waals surface area contributed by atoms with Crippen LogP contribution in [0, 0.1) is 5.92 Å². The summed E-state index contributed by atoms with van der Waals surface area (Å²) in [4.78, 5) is 17.8. The Hall–Kier alpha value is -2.66. The molecule has 1 aliphatic heterocycles. The van der Waals surface area contributed by atoms with Crippen LogP contribution in [0.5, 0.6) is 0 Å². The smallest absolute Gasteiger partial charge is 0.378 e. The van der Waals surface area contributed by atoms with Crippen LogP contribution in [0.1, 0.15) is 30.7 Å². The van der Waals surface area contributed by atoms with Gasteiger partial charge in [0.05, 0.1) is 29.5 Å². The van der Waals surface area contributed by atoms with E-state index in [2.05, 4.69) is 22.2 Å². The minimum Gasteiger partial charge on any atom is -0.378 e. The fourth-order valence-electron chi connectivity index (χ4n) is 3.94. The zero-order chi connectivity index (χ0) is 26.0. The van der Waals surface area contributed by atoms with E-state index in [1.165, 1.54) is 12.1 Å². The second kappa shape index (κ2) is 10.8. The highest BCUT2D eigenvalue weighted by atomic mass is 32.2. The van der Waals surface area contributed by atoms with Crippen LogP contribution in [0.15, 0.2) is 36.7 Å². The first-order valence-corrected chi connectivity index (χ1v) is 12.6. The first-order chi connectivity index (χ1) is 17.0. The number of carbonyl (C=O) groups is 1. The van der Waals surface area contributed by atoms with Gasteiger partial charge in [-0.15, -0.1) is 11.8 Å². The van der Waals surface area contributed by atoms with E-state index in [1.807, 2.05) is 11.9 Å². The zero-order valence-electron chi connectivity index (χ0n) is 19.7. The Morgan fingerprint density at radius 2 is 2.03 bits per heavy atom. The van der Waals surface area contributed by atoms with Gasteiger partial charge >= 0.3 is 6.18 Å². The second-order valence-electron chi connectivity index (χ2n) is 9.12. The Morgan fingerprint density at radius 3 is 2.72 bits per heavy atom. The second-order valence-corrected chi connectivity index (χ2v) is 10.2. The molecule has 0 spiro atoms. The van der Waals surface area contributed by atoms with Crippen molar-refractivity contribution in [3.05, 3.63) is 48.1 Å². The number of rotatable bonds is 7. The van der Waals surface area contributed by atoms with Crippen molar-refractivity contribution < 1.29 is 26.7 Å². The van der Waals surface area contributed by atoms with Gasteiger partial charge in [-0.05, 0) is 44.5 Å². The minimum absolute atomic E-state index is 0.0675. The standard InChI is InChI=1S/C25H27F5N4OS/c1-14(25(28,29)30)22-18-4-3-5-20(33-21-8-9-34(2)13-36-23(21)27)19(18)11-17(32-22)10-16(26)12-31-24(35)15-6-7-15/h3-5,10-11,15,21,23,33H,1,6-9,12-13H2,2H3,(H,31,35)/b16-10-/t21-,23+/m1/s1. The van der Waals surface area contributed by atoms with Gasteiger partial charge in [0.1, 0.15) is 5.83 Å². The topological polar surface area (TPSA) is 57.3 Å². The number of alkyl halides is 4. The van der Waals surface area contributed by atoms with Crippen molar-refractivity contribution in [2.75, 3.05) is 31.3 Å². The average molecular weight is 527 g/mol. The van der Waals surface area contributed by atoms with E-state index >= 15 is 0 Å². The molecule has 5 nitrogen and oxygen atoms in total. The number of nitrogens with zero attached hydrogens (tertiary/aromatic N) is 2. The molecule has 1 saturated carbocycles. The van der Waals surface area contributed by atoms with Gasteiger partial charge in [-0.3, -0.25) is 9.69 Å². The normalized spacial score (nSPS) is 21.8. The number of allylic oxidation sites excluding steroid dienone is 1. The fourth-order valence-corrected chi connectivity index (χ4v) is 4.90. The Labute approximate surface area is 210 Å².